The number of hydrogen-bond donors (Lipinski definition) is 0. The number of benzene rings is 1. The molecule has 2 aliphatic rings. The van der Waals surface area contributed by atoms with E-state index >= 15 is 0 Å². The third kappa shape index (κ3) is 3.66. The minimum Gasteiger partial charge on any atom is -0.326 e. The number of carbonyl (C=O) groups is 1. The van der Waals surface area contributed by atoms with E-state index in [-0.39, 0.29) is 5.37 Å². The van der Waals surface area contributed by atoms with E-state index in [1.165, 1.54) is 37.1 Å². The molecule has 2 aliphatic heterocycles. The molecule has 3 nitrogen and oxygen atoms in total. The average molecular weight is 318 g/mol. The molecule has 22 heavy (non-hydrogen) atoms. The highest BCUT2D eigenvalue weighted by Crippen LogP contribution is 2.38. The topological polar surface area (TPSA) is 23.6 Å². The molecule has 0 bridgehead atoms. The molecule has 2 fully saturated rings. The highest BCUT2D eigenvalue weighted by molar-refractivity contribution is 8.00. The van der Waals surface area contributed by atoms with Crippen LogP contribution in [0.25, 0.3) is 0 Å². The van der Waals surface area contributed by atoms with E-state index in [0.29, 0.717) is 11.7 Å². The molecular formula is C18H26N2OS. The second-order valence-electron chi connectivity index (χ2n) is 6.25. The van der Waals surface area contributed by atoms with Gasteiger partial charge in [0.15, 0.2) is 0 Å². The summed E-state index contributed by atoms with van der Waals surface area (Å²) in [6.07, 6.45) is 4.84. The van der Waals surface area contributed by atoms with Crippen molar-refractivity contribution in [1.29, 1.82) is 0 Å². The highest BCUT2D eigenvalue weighted by Gasteiger charge is 2.32. The minimum atomic E-state index is 0.219. The van der Waals surface area contributed by atoms with Crippen LogP contribution in [-0.2, 0) is 11.2 Å². The SMILES string of the molecule is CCc1ccc(C2SCC(=O)N2CCCN2CCCC2)cc1. The molecule has 1 unspecified atom stereocenters. The van der Waals surface area contributed by atoms with Gasteiger partial charge in [-0.3, -0.25) is 4.79 Å². The fraction of sp³-hybridized carbons (Fsp3) is 0.611. The lowest BCUT2D eigenvalue weighted by molar-refractivity contribution is -0.128. The smallest absolute Gasteiger partial charge is 0.233 e. The number of rotatable bonds is 6. The Kier molecular flexibility index (Phi) is 5.42. The molecule has 0 aromatic heterocycles. The monoisotopic (exact) mass is 318 g/mol. The maximum absolute atomic E-state index is 12.2. The predicted molar refractivity (Wildman–Crippen MR) is 93.0 cm³/mol. The Bertz CT molecular complexity index is 496. The Hall–Kier alpha value is -1.00. The number of likely N-dealkylation sites (tertiary alicyclic amines) is 1. The quantitative estimate of drug-likeness (QED) is 0.804. The Morgan fingerprint density at radius 1 is 1.14 bits per heavy atom. The molecule has 0 saturated carbocycles. The molecule has 0 aliphatic carbocycles. The van der Waals surface area contributed by atoms with E-state index in [4.69, 9.17) is 0 Å². The van der Waals surface area contributed by atoms with E-state index in [0.717, 1.165) is 25.9 Å². The lowest BCUT2D eigenvalue weighted by Gasteiger charge is -2.25. The van der Waals surface area contributed by atoms with E-state index in [2.05, 4.69) is 41.0 Å². The standard InChI is InChI=1S/C18H26N2OS/c1-2-15-6-8-16(9-7-15)18-20(17(21)14-22-18)13-5-12-19-10-3-4-11-19/h6-9,18H,2-5,10-14H2,1H3. The Labute approximate surface area is 138 Å². The van der Waals surface area contributed by atoms with E-state index in [1.54, 1.807) is 11.8 Å². The molecule has 0 spiro atoms. The summed E-state index contributed by atoms with van der Waals surface area (Å²) < 4.78 is 0. The number of carbonyl (C=O) groups excluding carboxylic acids is 1. The molecule has 120 valence electrons. The van der Waals surface area contributed by atoms with Gasteiger partial charge in [0, 0.05) is 6.54 Å². The second-order valence-corrected chi connectivity index (χ2v) is 7.32. The maximum atomic E-state index is 12.2. The van der Waals surface area contributed by atoms with Crippen molar-refractivity contribution in [2.24, 2.45) is 0 Å². The van der Waals surface area contributed by atoms with E-state index in [1.807, 2.05) is 0 Å². The maximum Gasteiger partial charge on any atom is 0.233 e. The molecule has 1 aromatic rings. The van der Waals surface area contributed by atoms with Crippen LogP contribution in [0.2, 0.25) is 0 Å². The number of aryl methyl sites for hydroxylation is 1. The number of nitrogens with zero attached hydrogens (tertiary/aromatic N) is 2. The lowest BCUT2D eigenvalue weighted by atomic mass is 10.1. The van der Waals surface area contributed by atoms with Crippen LogP contribution in [0, 0.1) is 0 Å². The third-order valence-electron chi connectivity index (χ3n) is 4.71. The zero-order chi connectivity index (χ0) is 15.4. The molecule has 1 atom stereocenters. The zero-order valence-corrected chi connectivity index (χ0v) is 14.3. The normalized spacial score (nSPS) is 22.7. The van der Waals surface area contributed by atoms with Crippen molar-refractivity contribution in [3.05, 3.63) is 35.4 Å². The van der Waals surface area contributed by atoms with Crippen LogP contribution < -0.4 is 0 Å². The number of amides is 1. The van der Waals surface area contributed by atoms with Gasteiger partial charge in [-0.15, -0.1) is 11.8 Å². The van der Waals surface area contributed by atoms with Crippen molar-refractivity contribution in [2.75, 3.05) is 31.9 Å². The summed E-state index contributed by atoms with van der Waals surface area (Å²) in [4.78, 5) is 16.8. The summed E-state index contributed by atoms with van der Waals surface area (Å²) in [7, 11) is 0. The van der Waals surface area contributed by atoms with Gasteiger partial charge in [-0.25, -0.2) is 0 Å². The second kappa shape index (κ2) is 7.51. The van der Waals surface area contributed by atoms with Crippen molar-refractivity contribution in [1.82, 2.24) is 9.80 Å². The highest BCUT2D eigenvalue weighted by atomic mass is 32.2. The van der Waals surface area contributed by atoms with Crippen LogP contribution in [0.5, 0.6) is 0 Å². The van der Waals surface area contributed by atoms with Gasteiger partial charge in [-0.05, 0) is 56.4 Å². The van der Waals surface area contributed by atoms with E-state index in [9.17, 15) is 4.79 Å². The van der Waals surface area contributed by atoms with Crippen LogP contribution in [0.1, 0.15) is 42.7 Å². The van der Waals surface area contributed by atoms with Gasteiger partial charge in [0.05, 0.1) is 5.75 Å². The molecule has 0 N–H and O–H groups in total. The van der Waals surface area contributed by atoms with Crippen molar-refractivity contribution in [2.45, 2.75) is 38.0 Å². The fourth-order valence-corrected chi connectivity index (χ4v) is 4.58. The summed E-state index contributed by atoms with van der Waals surface area (Å²) in [5, 5.41) is 0.219. The predicted octanol–water partition coefficient (Wildman–Crippen LogP) is 3.31. The fourth-order valence-electron chi connectivity index (χ4n) is 3.36. The minimum absolute atomic E-state index is 0.219. The van der Waals surface area contributed by atoms with Gasteiger partial charge in [-0.2, -0.15) is 0 Å². The molecule has 1 amide bonds. The first-order chi connectivity index (χ1) is 10.8. The van der Waals surface area contributed by atoms with Gasteiger partial charge < -0.3 is 9.80 Å². The van der Waals surface area contributed by atoms with Gasteiger partial charge >= 0.3 is 0 Å². The van der Waals surface area contributed by atoms with Gasteiger partial charge in [0.2, 0.25) is 5.91 Å². The van der Waals surface area contributed by atoms with Crippen LogP contribution in [0.15, 0.2) is 24.3 Å². The van der Waals surface area contributed by atoms with Gasteiger partial charge in [0.1, 0.15) is 5.37 Å². The molecule has 3 rings (SSSR count). The Balaban J connectivity index is 1.58. The van der Waals surface area contributed by atoms with Gasteiger partial charge in [0.25, 0.3) is 0 Å². The van der Waals surface area contributed by atoms with Crippen molar-refractivity contribution in [3.63, 3.8) is 0 Å². The van der Waals surface area contributed by atoms with Gasteiger partial charge in [-0.1, -0.05) is 31.2 Å². The first-order valence-corrected chi connectivity index (χ1v) is 9.55. The summed E-state index contributed by atoms with van der Waals surface area (Å²) >= 11 is 1.77. The first-order valence-electron chi connectivity index (χ1n) is 8.50. The third-order valence-corrected chi connectivity index (χ3v) is 5.97. The summed E-state index contributed by atoms with van der Waals surface area (Å²) in [5.41, 5.74) is 2.63. The van der Waals surface area contributed by atoms with Crippen LogP contribution >= 0.6 is 11.8 Å². The van der Waals surface area contributed by atoms with Crippen molar-refractivity contribution in [3.8, 4) is 0 Å². The summed E-state index contributed by atoms with van der Waals surface area (Å²) in [6.45, 7) is 6.68. The molecule has 4 heteroatoms. The Morgan fingerprint density at radius 3 is 2.55 bits per heavy atom. The number of thioether (sulfide) groups is 1. The Morgan fingerprint density at radius 2 is 1.86 bits per heavy atom. The van der Waals surface area contributed by atoms with Crippen molar-refractivity contribution < 1.29 is 4.79 Å². The molecule has 2 heterocycles. The molecule has 1 aromatic carbocycles. The van der Waals surface area contributed by atoms with Crippen LogP contribution in [0.3, 0.4) is 0 Å². The number of hydrogen-bond acceptors (Lipinski definition) is 3. The molecule has 0 radical (unpaired) electrons. The summed E-state index contributed by atoms with van der Waals surface area (Å²) in [6, 6.07) is 8.79. The van der Waals surface area contributed by atoms with Crippen molar-refractivity contribution >= 4 is 17.7 Å². The van der Waals surface area contributed by atoms with Crippen LogP contribution in [-0.4, -0.2) is 47.6 Å². The zero-order valence-electron chi connectivity index (χ0n) is 13.5. The summed E-state index contributed by atoms with van der Waals surface area (Å²) in [5.74, 6) is 0.931. The van der Waals surface area contributed by atoms with E-state index < -0.39 is 0 Å². The largest absolute Gasteiger partial charge is 0.326 e. The average Bonchev–Trinajstić information content (AvgIpc) is 3.18. The first kappa shape index (κ1) is 15.9. The van der Waals surface area contributed by atoms with Crippen LogP contribution in [0.4, 0.5) is 0 Å². The molecular weight excluding hydrogens is 292 g/mol. The molecule has 2 saturated heterocycles. The lowest BCUT2D eigenvalue weighted by Crippen LogP contribution is -2.31.